The third-order valence-corrected chi connectivity index (χ3v) is 14.8. The number of nitrogens with zero attached hydrogens (tertiary/aromatic N) is 7. The lowest BCUT2D eigenvalue weighted by Crippen LogP contribution is -2.47. The molecule has 1 aromatic carbocycles. The molecule has 2 N–H and O–H groups in total. The average Bonchev–Trinajstić information content (AvgIpc) is 3.52. The zero-order valence-corrected chi connectivity index (χ0v) is 30.3. The molecule has 2 aromatic heterocycles. The largest absolute Gasteiger partial charge is 0.432 e. The van der Waals surface area contributed by atoms with Crippen LogP contribution in [0.3, 0.4) is 0 Å². The van der Waals surface area contributed by atoms with E-state index in [1.165, 1.54) is 0 Å². The number of piperidine rings is 1. The van der Waals surface area contributed by atoms with Gasteiger partial charge in [0.1, 0.15) is 18.6 Å². The van der Waals surface area contributed by atoms with Crippen LogP contribution in [0, 0.1) is 24.2 Å². The van der Waals surface area contributed by atoms with Crippen molar-refractivity contribution in [3.05, 3.63) is 47.3 Å². The summed E-state index contributed by atoms with van der Waals surface area (Å²) >= 11 is 0. The van der Waals surface area contributed by atoms with Crippen molar-refractivity contribution in [2.75, 3.05) is 49.6 Å². The molecule has 1 atom stereocenters. The molecular formula is C34H50BFN8O2Si. The van der Waals surface area contributed by atoms with Gasteiger partial charge in [-0.1, -0.05) is 27.7 Å². The van der Waals surface area contributed by atoms with Gasteiger partial charge in [-0.15, -0.1) is 0 Å². The first-order valence-electron chi connectivity index (χ1n) is 16.7. The number of halogens is 1. The Morgan fingerprint density at radius 3 is 2.60 bits per heavy atom. The van der Waals surface area contributed by atoms with Crippen LogP contribution < -0.4 is 10.1 Å². The van der Waals surface area contributed by atoms with E-state index in [4.69, 9.17) is 14.5 Å². The van der Waals surface area contributed by atoms with Gasteiger partial charge in [-0.3, -0.25) is 0 Å². The van der Waals surface area contributed by atoms with Crippen LogP contribution in [-0.4, -0.2) is 84.5 Å². The van der Waals surface area contributed by atoms with Gasteiger partial charge in [-0.25, -0.2) is 19.0 Å². The van der Waals surface area contributed by atoms with Crippen molar-refractivity contribution < 1.29 is 13.8 Å². The molecule has 5 rings (SSSR count). The minimum Gasteiger partial charge on any atom is -0.432 e. The first-order chi connectivity index (χ1) is 22.1. The molecule has 0 spiro atoms. The Kier molecular flexibility index (Phi) is 10.2. The second-order valence-electron chi connectivity index (χ2n) is 15.1. The lowest BCUT2D eigenvalue weighted by atomic mass is 9.83. The standard InChI is InChI=1S/C34H50BFN8O2Si/c1-24-17-30(44(41-24)21-25-10-14-42(15-11-25)16-12-36)40-32-38-13-9-29(39-32)26-18-27(20-37)31-28(19-26)34(5,22-43(31)35(6)45)23-46-47(7,8)33(2,3)4/h9,13,17-19,25,45H,10-12,14-16,21-23H2,1-8H3,(H,38,39,40)/t34-/m1/s1. The van der Waals surface area contributed by atoms with E-state index in [1.807, 2.05) is 34.6 Å². The zero-order chi connectivity index (χ0) is 34.1. The Bertz CT molecular complexity index is 1610. The fourth-order valence-electron chi connectivity index (χ4n) is 6.41. The highest BCUT2D eigenvalue weighted by molar-refractivity contribution is 6.74. The van der Waals surface area contributed by atoms with Gasteiger partial charge in [0.15, 0.2) is 8.32 Å². The number of hydrogen-bond acceptors (Lipinski definition) is 9. The highest BCUT2D eigenvalue weighted by atomic mass is 28.4. The molecule has 252 valence electrons. The van der Waals surface area contributed by atoms with Crippen LogP contribution in [0.1, 0.15) is 57.4 Å². The highest BCUT2D eigenvalue weighted by Crippen LogP contribution is 2.47. The lowest BCUT2D eigenvalue weighted by molar-refractivity contribution is 0.161. The monoisotopic (exact) mass is 660 g/mol. The summed E-state index contributed by atoms with van der Waals surface area (Å²) in [4.78, 5) is 13.5. The maximum atomic E-state index is 12.8. The average molecular weight is 661 g/mol. The second-order valence-corrected chi connectivity index (χ2v) is 19.9. The third kappa shape index (κ3) is 7.56. The minimum absolute atomic E-state index is 0.0560. The first kappa shape index (κ1) is 35.0. The van der Waals surface area contributed by atoms with Crippen LogP contribution in [0.2, 0.25) is 25.0 Å². The number of aryl methyl sites for hydroxylation is 1. The van der Waals surface area contributed by atoms with E-state index in [9.17, 15) is 14.7 Å². The highest BCUT2D eigenvalue weighted by Gasteiger charge is 2.46. The van der Waals surface area contributed by atoms with E-state index in [0.29, 0.717) is 42.8 Å². The number of rotatable bonds is 11. The van der Waals surface area contributed by atoms with Crippen molar-refractivity contribution in [2.24, 2.45) is 5.92 Å². The Hall–Kier alpha value is -3.31. The van der Waals surface area contributed by atoms with Crippen molar-refractivity contribution in [3.8, 4) is 17.3 Å². The number of benzene rings is 1. The summed E-state index contributed by atoms with van der Waals surface area (Å²) in [6.45, 7) is 20.9. The molecule has 1 saturated heterocycles. The topological polar surface area (TPSA) is 115 Å². The number of nitriles is 1. The first-order valence-corrected chi connectivity index (χ1v) is 19.7. The van der Waals surface area contributed by atoms with Gasteiger partial charge >= 0.3 is 7.05 Å². The molecule has 0 amide bonds. The summed E-state index contributed by atoms with van der Waals surface area (Å²) in [5, 5.41) is 29.3. The van der Waals surface area contributed by atoms with Crippen LogP contribution in [0.15, 0.2) is 30.5 Å². The molecule has 47 heavy (non-hydrogen) atoms. The van der Waals surface area contributed by atoms with Crippen molar-refractivity contribution >= 4 is 32.8 Å². The number of aromatic nitrogens is 4. The van der Waals surface area contributed by atoms with Crippen LogP contribution in [0.4, 0.5) is 21.8 Å². The molecule has 0 radical (unpaired) electrons. The normalized spacial score (nSPS) is 19.1. The smallest absolute Gasteiger partial charge is 0.409 e. The van der Waals surface area contributed by atoms with E-state index in [1.54, 1.807) is 13.0 Å². The molecule has 10 nitrogen and oxygen atoms in total. The summed E-state index contributed by atoms with van der Waals surface area (Å²) in [6, 6.07) is 10.2. The molecule has 1 fully saturated rings. The number of anilines is 3. The van der Waals surface area contributed by atoms with Crippen LogP contribution >= 0.6 is 0 Å². The minimum atomic E-state index is -2.06. The Morgan fingerprint density at radius 2 is 1.96 bits per heavy atom. The van der Waals surface area contributed by atoms with Gasteiger partial charge in [0, 0.05) is 55.2 Å². The maximum Gasteiger partial charge on any atom is 0.409 e. The van der Waals surface area contributed by atoms with Crippen molar-refractivity contribution in [1.82, 2.24) is 24.6 Å². The molecule has 2 aliphatic rings. The fraction of sp³-hybridized carbons (Fsp3) is 0.588. The Balaban J connectivity index is 1.42. The quantitative estimate of drug-likeness (QED) is 0.234. The summed E-state index contributed by atoms with van der Waals surface area (Å²) in [5.74, 6) is 1.72. The van der Waals surface area contributed by atoms with Crippen molar-refractivity contribution in [3.63, 3.8) is 0 Å². The van der Waals surface area contributed by atoms with Gasteiger partial charge in [-0.05, 0) is 87.5 Å². The second kappa shape index (κ2) is 13.7. The van der Waals surface area contributed by atoms with E-state index >= 15 is 0 Å². The molecule has 0 unspecified atom stereocenters. The molecule has 0 bridgehead atoms. The van der Waals surface area contributed by atoms with Gasteiger partial charge < -0.3 is 24.5 Å². The maximum absolute atomic E-state index is 12.8. The van der Waals surface area contributed by atoms with Crippen LogP contribution in [0.5, 0.6) is 0 Å². The van der Waals surface area contributed by atoms with Crippen molar-refractivity contribution in [2.45, 2.75) is 84.4 Å². The molecule has 0 saturated carbocycles. The Morgan fingerprint density at radius 1 is 1.23 bits per heavy atom. The fourth-order valence-corrected chi connectivity index (χ4v) is 7.52. The lowest BCUT2D eigenvalue weighted by Gasteiger charge is -2.39. The number of likely N-dealkylation sites (tertiary alicyclic amines) is 1. The van der Waals surface area contributed by atoms with Crippen LogP contribution in [-0.2, 0) is 16.4 Å². The van der Waals surface area contributed by atoms with Crippen molar-refractivity contribution in [1.29, 1.82) is 5.26 Å². The third-order valence-electron chi connectivity index (χ3n) is 10.3. The summed E-state index contributed by atoms with van der Waals surface area (Å²) in [7, 11) is -2.81. The van der Waals surface area contributed by atoms with E-state index < -0.39 is 20.8 Å². The zero-order valence-electron chi connectivity index (χ0n) is 29.3. The van der Waals surface area contributed by atoms with Crippen LogP contribution in [0.25, 0.3) is 11.3 Å². The molecule has 13 heteroatoms. The van der Waals surface area contributed by atoms with E-state index in [0.717, 1.165) is 60.8 Å². The van der Waals surface area contributed by atoms with Gasteiger partial charge in [0.25, 0.3) is 0 Å². The Labute approximate surface area is 280 Å². The number of alkyl halides is 1. The predicted octanol–water partition coefficient (Wildman–Crippen LogP) is 6.16. The van der Waals surface area contributed by atoms with Gasteiger partial charge in [-0.2, -0.15) is 10.4 Å². The molecular weight excluding hydrogens is 610 g/mol. The predicted molar refractivity (Wildman–Crippen MR) is 189 cm³/mol. The molecule has 2 aliphatic heterocycles. The number of fused-ring (bicyclic) bond motifs is 1. The molecule has 0 aliphatic carbocycles. The summed E-state index contributed by atoms with van der Waals surface area (Å²) in [6.07, 6.45) is 3.74. The summed E-state index contributed by atoms with van der Waals surface area (Å²) < 4.78 is 21.5. The van der Waals surface area contributed by atoms with E-state index in [2.05, 4.69) is 68.1 Å². The van der Waals surface area contributed by atoms with E-state index in [-0.39, 0.29) is 11.7 Å². The van der Waals surface area contributed by atoms with Gasteiger partial charge in [0.05, 0.1) is 17.0 Å². The molecule has 4 heterocycles. The van der Waals surface area contributed by atoms with Gasteiger partial charge in [0.2, 0.25) is 5.95 Å². The number of hydrogen-bond donors (Lipinski definition) is 2. The SMILES string of the molecule is CB(O)N1C[C@](C)(CO[Si](C)(C)C(C)(C)C)c2cc(-c3ccnc(Nc4cc(C)nn4CC4CCN(CCF)CC4)n3)cc(C#N)c21. The molecule has 3 aromatic rings. The summed E-state index contributed by atoms with van der Waals surface area (Å²) in [5.41, 5.74) is 4.19. The number of nitrogens with one attached hydrogen (secondary N) is 1.